The standard InChI is InChI=1S/C14H19FN2O2/c1-11(18)13-10-12(15)4-5-14(13)17(7-3-6-16)8-9-19-2/h4-5,10-11,18H,3,7-9H2,1-2H3. The minimum Gasteiger partial charge on any atom is -0.389 e. The Morgan fingerprint density at radius 1 is 1.47 bits per heavy atom. The monoisotopic (exact) mass is 266 g/mol. The highest BCUT2D eigenvalue weighted by Gasteiger charge is 2.15. The molecule has 0 heterocycles. The van der Waals surface area contributed by atoms with Gasteiger partial charge in [-0.1, -0.05) is 0 Å². The molecular formula is C14H19FN2O2. The van der Waals surface area contributed by atoms with E-state index in [1.165, 1.54) is 12.1 Å². The number of ether oxygens (including phenoxy) is 1. The average molecular weight is 266 g/mol. The summed E-state index contributed by atoms with van der Waals surface area (Å²) in [5, 5.41) is 18.4. The third-order valence-corrected chi connectivity index (χ3v) is 2.84. The van der Waals surface area contributed by atoms with Crippen LogP contribution < -0.4 is 4.90 Å². The van der Waals surface area contributed by atoms with E-state index in [-0.39, 0.29) is 5.82 Å². The Morgan fingerprint density at radius 3 is 2.79 bits per heavy atom. The Morgan fingerprint density at radius 2 is 2.21 bits per heavy atom. The molecule has 0 radical (unpaired) electrons. The summed E-state index contributed by atoms with van der Waals surface area (Å²) in [6, 6.07) is 6.39. The molecule has 0 fully saturated rings. The fraction of sp³-hybridized carbons (Fsp3) is 0.500. The van der Waals surface area contributed by atoms with Crippen molar-refractivity contribution in [3.05, 3.63) is 29.6 Å². The van der Waals surface area contributed by atoms with E-state index < -0.39 is 6.10 Å². The van der Waals surface area contributed by atoms with E-state index in [1.54, 1.807) is 20.1 Å². The van der Waals surface area contributed by atoms with Gasteiger partial charge in [-0.05, 0) is 25.1 Å². The summed E-state index contributed by atoms with van der Waals surface area (Å²) in [5.41, 5.74) is 1.26. The number of nitriles is 1. The molecule has 1 aromatic carbocycles. The molecular weight excluding hydrogens is 247 g/mol. The largest absolute Gasteiger partial charge is 0.389 e. The van der Waals surface area contributed by atoms with E-state index in [1.807, 2.05) is 4.90 Å². The van der Waals surface area contributed by atoms with Crippen molar-refractivity contribution in [3.8, 4) is 6.07 Å². The molecule has 0 bridgehead atoms. The van der Waals surface area contributed by atoms with Gasteiger partial charge < -0.3 is 14.7 Å². The van der Waals surface area contributed by atoms with Crippen molar-refractivity contribution >= 4 is 5.69 Å². The number of benzene rings is 1. The maximum atomic E-state index is 13.3. The van der Waals surface area contributed by atoms with Crippen LogP contribution in [0, 0.1) is 17.1 Å². The molecule has 1 atom stereocenters. The highest BCUT2D eigenvalue weighted by Crippen LogP contribution is 2.27. The van der Waals surface area contributed by atoms with Crippen molar-refractivity contribution in [1.82, 2.24) is 0 Å². The third kappa shape index (κ3) is 4.51. The van der Waals surface area contributed by atoms with Crippen LogP contribution in [-0.4, -0.2) is 31.9 Å². The molecule has 5 heteroatoms. The second-order valence-corrected chi connectivity index (χ2v) is 4.27. The van der Waals surface area contributed by atoms with Gasteiger partial charge in [0.05, 0.1) is 25.2 Å². The van der Waals surface area contributed by atoms with Crippen molar-refractivity contribution in [1.29, 1.82) is 5.26 Å². The predicted molar refractivity (Wildman–Crippen MR) is 71.4 cm³/mol. The molecule has 4 nitrogen and oxygen atoms in total. The first kappa shape index (κ1) is 15.4. The van der Waals surface area contributed by atoms with Gasteiger partial charge in [-0.25, -0.2) is 4.39 Å². The van der Waals surface area contributed by atoms with Crippen LogP contribution in [-0.2, 0) is 4.74 Å². The van der Waals surface area contributed by atoms with Gasteiger partial charge in [0.2, 0.25) is 0 Å². The summed E-state index contributed by atoms with van der Waals surface area (Å²) in [6.07, 6.45) is -0.404. The Bertz CT molecular complexity index is 444. The van der Waals surface area contributed by atoms with Crippen LogP contribution in [0.15, 0.2) is 18.2 Å². The maximum absolute atomic E-state index is 13.3. The first-order valence-corrected chi connectivity index (χ1v) is 6.18. The maximum Gasteiger partial charge on any atom is 0.123 e. The Hall–Kier alpha value is -1.64. The van der Waals surface area contributed by atoms with Gasteiger partial charge in [0.15, 0.2) is 0 Å². The molecule has 0 spiro atoms. The fourth-order valence-corrected chi connectivity index (χ4v) is 1.89. The molecule has 1 unspecified atom stereocenters. The smallest absolute Gasteiger partial charge is 0.123 e. The zero-order chi connectivity index (χ0) is 14.3. The summed E-state index contributed by atoms with van der Waals surface area (Å²) in [4.78, 5) is 1.92. The average Bonchev–Trinajstić information content (AvgIpc) is 2.39. The number of aliphatic hydroxyl groups excluding tert-OH is 1. The van der Waals surface area contributed by atoms with E-state index in [2.05, 4.69) is 6.07 Å². The lowest BCUT2D eigenvalue weighted by molar-refractivity contribution is 0.197. The van der Waals surface area contributed by atoms with E-state index >= 15 is 0 Å². The molecule has 0 saturated heterocycles. The van der Waals surface area contributed by atoms with E-state index in [9.17, 15) is 9.50 Å². The normalized spacial score (nSPS) is 11.9. The molecule has 1 aromatic rings. The molecule has 19 heavy (non-hydrogen) atoms. The van der Waals surface area contributed by atoms with Crippen molar-refractivity contribution in [2.24, 2.45) is 0 Å². The van der Waals surface area contributed by atoms with Crippen LogP contribution in [0.2, 0.25) is 0 Å². The van der Waals surface area contributed by atoms with E-state index in [4.69, 9.17) is 10.00 Å². The molecule has 0 aliphatic rings. The molecule has 104 valence electrons. The topological polar surface area (TPSA) is 56.5 Å². The van der Waals surface area contributed by atoms with Gasteiger partial charge in [0.25, 0.3) is 0 Å². The van der Waals surface area contributed by atoms with Crippen molar-refractivity contribution < 1.29 is 14.2 Å². The van der Waals surface area contributed by atoms with Crippen LogP contribution in [0.5, 0.6) is 0 Å². The summed E-state index contributed by atoms with van der Waals surface area (Å²) in [5.74, 6) is -0.383. The minimum atomic E-state index is -0.766. The van der Waals surface area contributed by atoms with Crippen LogP contribution in [0.25, 0.3) is 0 Å². The van der Waals surface area contributed by atoms with Gasteiger partial charge in [0.1, 0.15) is 5.82 Å². The molecule has 0 aliphatic carbocycles. The molecule has 0 saturated carbocycles. The number of nitrogens with zero attached hydrogens (tertiary/aromatic N) is 2. The Kier molecular flexibility index (Phi) is 6.26. The summed E-state index contributed by atoms with van der Waals surface area (Å²) >= 11 is 0. The minimum absolute atomic E-state index is 0.361. The van der Waals surface area contributed by atoms with Gasteiger partial charge in [-0.15, -0.1) is 0 Å². The number of hydrogen-bond donors (Lipinski definition) is 1. The summed E-state index contributed by atoms with van der Waals surface area (Å²) < 4.78 is 18.3. The Balaban J connectivity index is 3.02. The van der Waals surface area contributed by atoms with Gasteiger partial charge >= 0.3 is 0 Å². The lowest BCUT2D eigenvalue weighted by atomic mass is 10.1. The molecule has 0 amide bonds. The highest BCUT2D eigenvalue weighted by atomic mass is 19.1. The van der Waals surface area contributed by atoms with Crippen molar-refractivity contribution in [3.63, 3.8) is 0 Å². The quantitative estimate of drug-likeness (QED) is 0.822. The van der Waals surface area contributed by atoms with Crippen LogP contribution in [0.4, 0.5) is 10.1 Å². The van der Waals surface area contributed by atoms with E-state index in [0.29, 0.717) is 31.7 Å². The second kappa shape index (κ2) is 7.72. The third-order valence-electron chi connectivity index (χ3n) is 2.84. The van der Waals surface area contributed by atoms with Gasteiger partial charge in [0, 0.05) is 31.5 Å². The molecule has 1 rings (SSSR count). The fourth-order valence-electron chi connectivity index (χ4n) is 1.89. The van der Waals surface area contributed by atoms with E-state index in [0.717, 1.165) is 5.69 Å². The van der Waals surface area contributed by atoms with Crippen LogP contribution >= 0.6 is 0 Å². The molecule has 0 aliphatic heterocycles. The summed E-state index contributed by atoms with van der Waals surface area (Å²) in [6.45, 7) is 3.20. The second-order valence-electron chi connectivity index (χ2n) is 4.27. The van der Waals surface area contributed by atoms with Crippen LogP contribution in [0.3, 0.4) is 0 Å². The number of aliphatic hydroxyl groups is 1. The number of methoxy groups -OCH3 is 1. The SMILES string of the molecule is COCCN(CCC#N)c1ccc(F)cc1C(C)O. The number of rotatable bonds is 7. The van der Waals surface area contributed by atoms with Crippen molar-refractivity contribution in [2.75, 3.05) is 31.7 Å². The van der Waals surface area contributed by atoms with Crippen LogP contribution in [0.1, 0.15) is 25.0 Å². The molecule has 0 aromatic heterocycles. The summed E-state index contributed by atoms with van der Waals surface area (Å²) in [7, 11) is 1.60. The van der Waals surface area contributed by atoms with Gasteiger partial charge in [-0.2, -0.15) is 5.26 Å². The first-order chi connectivity index (χ1) is 9.10. The van der Waals surface area contributed by atoms with Crippen molar-refractivity contribution in [2.45, 2.75) is 19.4 Å². The Labute approximate surface area is 113 Å². The highest BCUT2D eigenvalue weighted by molar-refractivity contribution is 5.55. The molecule has 1 N–H and O–H groups in total. The zero-order valence-corrected chi connectivity index (χ0v) is 11.3. The number of halogens is 1. The predicted octanol–water partition coefficient (Wildman–Crippen LogP) is 2.25. The first-order valence-electron chi connectivity index (χ1n) is 6.18. The van der Waals surface area contributed by atoms with Gasteiger partial charge in [-0.3, -0.25) is 0 Å². The zero-order valence-electron chi connectivity index (χ0n) is 11.3. The number of anilines is 1. The number of hydrogen-bond acceptors (Lipinski definition) is 4. The lowest BCUT2D eigenvalue weighted by Crippen LogP contribution is -2.29. The lowest BCUT2D eigenvalue weighted by Gasteiger charge is -2.27.